The molecule has 168 valence electrons. The number of hydrogen-bond donors (Lipinski definition) is 2. The van der Waals surface area contributed by atoms with Crippen molar-refractivity contribution in [2.24, 2.45) is 5.92 Å². The molecular weight excluding hydrogens is 397 g/mol. The van der Waals surface area contributed by atoms with Crippen LogP contribution in [0.15, 0.2) is 48.5 Å². The van der Waals surface area contributed by atoms with Crippen molar-refractivity contribution in [3.63, 3.8) is 0 Å². The van der Waals surface area contributed by atoms with Crippen molar-refractivity contribution < 1.29 is 18.7 Å². The number of nitrogens with zero attached hydrogens (tertiary/aromatic N) is 1. The fraction of sp³-hybridized carbons (Fsp3) is 0.417. The molecule has 0 spiro atoms. The topological polar surface area (TPSA) is 70.7 Å². The number of amides is 2. The number of hydrogen-bond acceptors (Lipinski definition) is 4. The minimum absolute atomic E-state index is 0.132. The van der Waals surface area contributed by atoms with Crippen LogP contribution >= 0.6 is 0 Å². The molecule has 0 saturated carbocycles. The number of benzene rings is 2. The van der Waals surface area contributed by atoms with Gasteiger partial charge in [0.05, 0.1) is 0 Å². The number of anilines is 1. The fourth-order valence-corrected chi connectivity index (χ4v) is 3.05. The Kier molecular flexibility index (Phi) is 9.46. The molecule has 0 heterocycles. The monoisotopic (exact) mass is 429 g/mol. The van der Waals surface area contributed by atoms with Gasteiger partial charge < -0.3 is 20.3 Å². The number of ether oxygens (including phenoxy) is 1. The third-order valence-electron chi connectivity index (χ3n) is 5.03. The smallest absolute Gasteiger partial charge is 0.251 e. The minimum atomic E-state index is -0.734. The number of carbonyl (C=O) groups excluding carboxylic acids is 2. The van der Waals surface area contributed by atoms with Crippen molar-refractivity contribution in [3.8, 4) is 5.75 Å². The van der Waals surface area contributed by atoms with Gasteiger partial charge in [0.15, 0.2) is 0 Å². The molecule has 0 aliphatic rings. The Morgan fingerprint density at radius 2 is 1.61 bits per heavy atom. The molecule has 1 atom stereocenters. The molecule has 31 heavy (non-hydrogen) atoms. The normalized spacial score (nSPS) is 12.0. The van der Waals surface area contributed by atoms with Crippen LogP contribution in [0.2, 0.25) is 0 Å². The molecule has 0 bridgehead atoms. The number of likely N-dealkylation sites (N-methyl/N-ethyl adjacent to an activating group) is 1. The van der Waals surface area contributed by atoms with E-state index in [1.54, 1.807) is 24.3 Å². The summed E-state index contributed by atoms with van der Waals surface area (Å²) in [7, 11) is 0. The standard InChI is InChI=1S/C24H32FN3O3/c1-5-28(6-2)15-16-31-21-13-11-20(12-14-21)26-24(30)22(17(3)4)27-23(29)18-7-9-19(25)10-8-18/h7-14,17,22H,5-6,15-16H2,1-4H3,(H,26,30)(H,27,29). The molecule has 0 fully saturated rings. The zero-order chi connectivity index (χ0) is 22.8. The lowest BCUT2D eigenvalue weighted by Gasteiger charge is -2.22. The summed E-state index contributed by atoms with van der Waals surface area (Å²) in [6.45, 7) is 11.4. The highest BCUT2D eigenvalue weighted by Gasteiger charge is 2.24. The summed E-state index contributed by atoms with van der Waals surface area (Å²) in [6, 6.07) is 11.6. The van der Waals surface area contributed by atoms with E-state index in [1.807, 2.05) is 13.8 Å². The molecule has 0 saturated heterocycles. The van der Waals surface area contributed by atoms with Gasteiger partial charge in [-0.15, -0.1) is 0 Å². The number of rotatable bonds is 11. The summed E-state index contributed by atoms with van der Waals surface area (Å²) < 4.78 is 18.8. The first-order valence-corrected chi connectivity index (χ1v) is 10.7. The first-order chi connectivity index (χ1) is 14.8. The molecule has 0 aliphatic heterocycles. The molecule has 6 nitrogen and oxygen atoms in total. The van der Waals surface area contributed by atoms with Crippen molar-refractivity contribution in [2.75, 3.05) is 31.6 Å². The summed E-state index contributed by atoms with van der Waals surface area (Å²) in [4.78, 5) is 27.5. The zero-order valence-corrected chi connectivity index (χ0v) is 18.7. The van der Waals surface area contributed by atoms with Gasteiger partial charge in [-0.25, -0.2) is 4.39 Å². The quantitative estimate of drug-likeness (QED) is 0.568. The molecule has 0 aliphatic carbocycles. The molecule has 0 aromatic heterocycles. The van der Waals surface area contributed by atoms with Gasteiger partial charge in [0.2, 0.25) is 5.91 Å². The third-order valence-corrected chi connectivity index (χ3v) is 5.03. The summed E-state index contributed by atoms with van der Waals surface area (Å²) in [5, 5.41) is 5.56. The van der Waals surface area contributed by atoms with Gasteiger partial charge in [0.25, 0.3) is 5.91 Å². The summed E-state index contributed by atoms with van der Waals surface area (Å²) in [5.74, 6) is -0.566. The van der Waals surface area contributed by atoms with Gasteiger partial charge >= 0.3 is 0 Å². The summed E-state index contributed by atoms with van der Waals surface area (Å²) >= 11 is 0. The van der Waals surface area contributed by atoms with Crippen molar-refractivity contribution in [1.29, 1.82) is 0 Å². The molecule has 2 aromatic carbocycles. The van der Waals surface area contributed by atoms with E-state index < -0.39 is 17.8 Å². The van der Waals surface area contributed by atoms with Crippen molar-refractivity contribution in [2.45, 2.75) is 33.7 Å². The molecule has 2 aromatic rings. The highest BCUT2D eigenvalue weighted by molar-refractivity contribution is 6.01. The zero-order valence-electron chi connectivity index (χ0n) is 18.7. The van der Waals surface area contributed by atoms with Gasteiger partial charge in [-0.2, -0.15) is 0 Å². The van der Waals surface area contributed by atoms with Gasteiger partial charge in [-0.05, 0) is 67.5 Å². The van der Waals surface area contributed by atoms with E-state index in [2.05, 4.69) is 29.4 Å². The first-order valence-electron chi connectivity index (χ1n) is 10.7. The average molecular weight is 430 g/mol. The maximum Gasteiger partial charge on any atom is 0.251 e. The van der Waals surface area contributed by atoms with Crippen molar-refractivity contribution in [1.82, 2.24) is 10.2 Å². The molecule has 2 amide bonds. The second-order valence-electron chi connectivity index (χ2n) is 7.59. The van der Waals surface area contributed by atoms with E-state index in [0.29, 0.717) is 17.9 Å². The van der Waals surface area contributed by atoms with Crippen LogP contribution in [0.3, 0.4) is 0 Å². The molecular formula is C24H32FN3O3. The maximum atomic E-state index is 13.1. The average Bonchev–Trinajstić information content (AvgIpc) is 2.76. The van der Waals surface area contributed by atoms with Gasteiger partial charge in [0, 0.05) is 17.8 Å². The highest BCUT2D eigenvalue weighted by Crippen LogP contribution is 2.17. The van der Waals surface area contributed by atoms with Crippen LogP contribution in [0, 0.1) is 11.7 Å². The van der Waals surface area contributed by atoms with E-state index in [0.717, 1.165) is 25.4 Å². The summed E-state index contributed by atoms with van der Waals surface area (Å²) in [5.41, 5.74) is 0.911. The fourth-order valence-electron chi connectivity index (χ4n) is 3.05. The second kappa shape index (κ2) is 12.1. The van der Waals surface area contributed by atoms with Gasteiger partial charge in [-0.3, -0.25) is 9.59 Å². The highest BCUT2D eigenvalue weighted by atomic mass is 19.1. The van der Waals surface area contributed by atoms with Crippen LogP contribution in [0.25, 0.3) is 0 Å². The number of halogens is 1. The second-order valence-corrected chi connectivity index (χ2v) is 7.59. The van der Waals surface area contributed by atoms with E-state index in [-0.39, 0.29) is 11.8 Å². The van der Waals surface area contributed by atoms with Crippen LogP contribution in [0.5, 0.6) is 5.75 Å². The first kappa shape index (κ1) is 24.3. The van der Waals surface area contributed by atoms with Crippen LogP contribution in [0.4, 0.5) is 10.1 Å². The Labute approximate surface area is 183 Å². The Hall–Kier alpha value is -2.93. The van der Waals surface area contributed by atoms with Gasteiger partial charge in [0.1, 0.15) is 24.2 Å². The largest absolute Gasteiger partial charge is 0.492 e. The van der Waals surface area contributed by atoms with Crippen molar-refractivity contribution in [3.05, 3.63) is 59.9 Å². The molecule has 7 heteroatoms. The number of carbonyl (C=O) groups is 2. The van der Waals surface area contributed by atoms with Crippen LogP contribution in [0.1, 0.15) is 38.1 Å². The van der Waals surface area contributed by atoms with Crippen LogP contribution in [-0.4, -0.2) is 49.0 Å². The van der Waals surface area contributed by atoms with Crippen LogP contribution in [-0.2, 0) is 4.79 Å². The molecule has 0 radical (unpaired) electrons. The maximum absolute atomic E-state index is 13.1. The minimum Gasteiger partial charge on any atom is -0.492 e. The van der Waals surface area contributed by atoms with E-state index in [9.17, 15) is 14.0 Å². The molecule has 2 N–H and O–H groups in total. The Bertz CT molecular complexity index is 834. The third kappa shape index (κ3) is 7.68. The SMILES string of the molecule is CCN(CC)CCOc1ccc(NC(=O)C(NC(=O)c2ccc(F)cc2)C(C)C)cc1. The lowest BCUT2D eigenvalue weighted by molar-refractivity contribution is -0.118. The Morgan fingerprint density at radius 1 is 1.00 bits per heavy atom. The van der Waals surface area contributed by atoms with Crippen LogP contribution < -0.4 is 15.4 Å². The molecule has 1 unspecified atom stereocenters. The molecule has 2 rings (SSSR count). The van der Waals surface area contributed by atoms with Crippen molar-refractivity contribution >= 4 is 17.5 Å². The Morgan fingerprint density at radius 3 is 2.16 bits per heavy atom. The van der Waals surface area contributed by atoms with E-state index in [4.69, 9.17) is 4.74 Å². The van der Waals surface area contributed by atoms with E-state index >= 15 is 0 Å². The Balaban J connectivity index is 1.93. The van der Waals surface area contributed by atoms with Gasteiger partial charge in [-0.1, -0.05) is 27.7 Å². The van der Waals surface area contributed by atoms with E-state index in [1.165, 1.54) is 24.3 Å². The summed E-state index contributed by atoms with van der Waals surface area (Å²) in [6.07, 6.45) is 0. The predicted octanol–water partition coefficient (Wildman–Crippen LogP) is 3.94. The lowest BCUT2D eigenvalue weighted by Crippen LogP contribution is -2.47. The predicted molar refractivity (Wildman–Crippen MR) is 121 cm³/mol. The lowest BCUT2D eigenvalue weighted by atomic mass is 10.0. The number of nitrogens with one attached hydrogen (secondary N) is 2.